The monoisotopic (exact) mass is 285 g/mol. The van der Waals surface area contributed by atoms with Crippen LogP contribution >= 0.6 is 15.9 Å². The van der Waals surface area contributed by atoms with E-state index >= 15 is 0 Å². The number of hydrogen-bond acceptors (Lipinski definition) is 1. The van der Waals surface area contributed by atoms with Crippen molar-refractivity contribution < 1.29 is 4.39 Å². The molecule has 1 rings (SSSR count). The van der Waals surface area contributed by atoms with Gasteiger partial charge in [-0.2, -0.15) is 0 Å². The van der Waals surface area contributed by atoms with Crippen molar-refractivity contribution in [3.8, 4) is 0 Å². The molecule has 0 fully saturated rings. The molecule has 1 nitrogen and oxygen atoms in total. The number of rotatable bonds is 5. The summed E-state index contributed by atoms with van der Waals surface area (Å²) < 4.78 is 13.8. The zero-order valence-corrected chi connectivity index (χ0v) is 11.3. The van der Waals surface area contributed by atoms with E-state index < -0.39 is 0 Å². The summed E-state index contributed by atoms with van der Waals surface area (Å²) >= 11 is 3.39. The lowest BCUT2D eigenvalue weighted by Gasteiger charge is -2.20. The van der Waals surface area contributed by atoms with Gasteiger partial charge < -0.3 is 5.32 Å². The molecule has 0 amide bonds. The largest absolute Gasteiger partial charge is 0.307 e. The molecule has 16 heavy (non-hydrogen) atoms. The third-order valence-electron chi connectivity index (χ3n) is 2.36. The molecule has 0 radical (unpaired) electrons. The summed E-state index contributed by atoms with van der Waals surface area (Å²) in [5.41, 5.74) is 2.06. The summed E-state index contributed by atoms with van der Waals surface area (Å²) in [6.07, 6.45) is 1.06. The Morgan fingerprint density at radius 3 is 2.75 bits per heavy atom. The highest BCUT2D eigenvalue weighted by atomic mass is 79.9. The first kappa shape index (κ1) is 13.4. The van der Waals surface area contributed by atoms with Gasteiger partial charge in [-0.15, -0.1) is 0 Å². The maximum Gasteiger partial charge on any atom is 0.124 e. The normalized spacial score (nSPS) is 12.5. The Morgan fingerprint density at radius 2 is 2.25 bits per heavy atom. The molecule has 1 unspecified atom stereocenters. The summed E-state index contributed by atoms with van der Waals surface area (Å²) in [4.78, 5) is 0. The Kier molecular flexibility index (Phi) is 5.16. The van der Waals surface area contributed by atoms with E-state index in [-0.39, 0.29) is 11.9 Å². The topological polar surface area (TPSA) is 12.0 Å². The molecule has 0 saturated heterocycles. The molecule has 0 saturated carbocycles. The van der Waals surface area contributed by atoms with Crippen LogP contribution in [0.1, 0.15) is 31.9 Å². The Labute approximate surface area is 105 Å². The molecular formula is C13H17BrFN. The SMILES string of the molecule is C=C(C)C(NCCC)c1ccc(F)cc1Br. The third kappa shape index (κ3) is 3.42. The predicted molar refractivity (Wildman–Crippen MR) is 69.9 cm³/mol. The summed E-state index contributed by atoms with van der Waals surface area (Å²) in [5.74, 6) is -0.230. The Bertz CT molecular complexity index is 376. The van der Waals surface area contributed by atoms with Crippen LogP contribution in [0.2, 0.25) is 0 Å². The van der Waals surface area contributed by atoms with Gasteiger partial charge in [0.2, 0.25) is 0 Å². The van der Waals surface area contributed by atoms with Crippen LogP contribution < -0.4 is 5.32 Å². The highest BCUT2D eigenvalue weighted by Gasteiger charge is 2.14. The molecule has 1 aromatic carbocycles. The Balaban J connectivity index is 2.96. The van der Waals surface area contributed by atoms with Crippen LogP contribution in [0, 0.1) is 5.82 Å². The lowest BCUT2D eigenvalue weighted by Crippen LogP contribution is -2.23. The first-order valence-electron chi connectivity index (χ1n) is 5.40. The fourth-order valence-corrected chi connectivity index (χ4v) is 2.15. The second-order valence-electron chi connectivity index (χ2n) is 3.90. The van der Waals surface area contributed by atoms with Gasteiger partial charge in [0, 0.05) is 4.47 Å². The van der Waals surface area contributed by atoms with Crippen LogP contribution in [0.3, 0.4) is 0 Å². The molecule has 0 aliphatic rings. The van der Waals surface area contributed by atoms with Crippen molar-refractivity contribution >= 4 is 15.9 Å². The first-order valence-corrected chi connectivity index (χ1v) is 6.19. The molecule has 0 heterocycles. The van der Waals surface area contributed by atoms with Crippen molar-refractivity contribution in [3.63, 3.8) is 0 Å². The zero-order chi connectivity index (χ0) is 12.1. The number of hydrogen-bond donors (Lipinski definition) is 1. The van der Waals surface area contributed by atoms with Gasteiger partial charge in [0.25, 0.3) is 0 Å². The molecule has 0 aliphatic heterocycles. The maximum atomic E-state index is 13.0. The molecule has 0 bridgehead atoms. The van der Waals surface area contributed by atoms with Crippen molar-refractivity contribution in [2.75, 3.05) is 6.54 Å². The summed E-state index contributed by atoms with van der Waals surface area (Å²) in [6.45, 7) is 8.98. The van der Waals surface area contributed by atoms with Crippen LogP contribution in [0.15, 0.2) is 34.8 Å². The molecular weight excluding hydrogens is 269 g/mol. The maximum absolute atomic E-state index is 13.0. The Morgan fingerprint density at radius 1 is 1.56 bits per heavy atom. The van der Waals surface area contributed by atoms with Crippen molar-refractivity contribution in [2.24, 2.45) is 0 Å². The van der Waals surface area contributed by atoms with Crippen molar-refractivity contribution in [3.05, 3.63) is 46.2 Å². The van der Waals surface area contributed by atoms with Crippen molar-refractivity contribution in [2.45, 2.75) is 26.3 Å². The summed E-state index contributed by atoms with van der Waals surface area (Å²) in [5, 5.41) is 3.39. The van der Waals surface area contributed by atoms with E-state index in [0.717, 1.165) is 28.6 Å². The lowest BCUT2D eigenvalue weighted by atomic mass is 10.0. The molecule has 0 aromatic heterocycles. The quantitative estimate of drug-likeness (QED) is 0.800. The van der Waals surface area contributed by atoms with Gasteiger partial charge in [0.05, 0.1) is 6.04 Å². The van der Waals surface area contributed by atoms with E-state index in [2.05, 4.69) is 34.7 Å². The predicted octanol–water partition coefficient (Wildman–Crippen LogP) is 4.21. The average molecular weight is 286 g/mol. The zero-order valence-electron chi connectivity index (χ0n) is 9.69. The van der Waals surface area contributed by atoms with Crippen molar-refractivity contribution in [1.29, 1.82) is 0 Å². The van der Waals surface area contributed by atoms with Crippen LogP contribution in [0.25, 0.3) is 0 Å². The molecule has 0 aliphatic carbocycles. The van der Waals surface area contributed by atoms with E-state index in [0.29, 0.717) is 0 Å². The van der Waals surface area contributed by atoms with Crippen LogP contribution in [0.4, 0.5) is 4.39 Å². The van der Waals surface area contributed by atoms with Crippen LogP contribution in [-0.4, -0.2) is 6.54 Å². The van der Waals surface area contributed by atoms with E-state index in [4.69, 9.17) is 0 Å². The number of nitrogens with one attached hydrogen (secondary N) is 1. The minimum Gasteiger partial charge on any atom is -0.307 e. The molecule has 1 N–H and O–H groups in total. The Hall–Kier alpha value is -0.670. The van der Waals surface area contributed by atoms with Gasteiger partial charge in [-0.1, -0.05) is 41.1 Å². The van der Waals surface area contributed by atoms with Gasteiger partial charge >= 0.3 is 0 Å². The van der Waals surface area contributed by atoms with Gasteiger partial charge in [0.1, 0.15) is 5.82 Å². The lowest BCUT2D eigenvalue weighted by molar-refractivity contribution is 0.584. The van der Waals surface area contributed by atoms with Crippen molar-refractivity contribution in [1.82, 2.24) is 5.32 Å². The molecule has 0 spiro atoms. The van der Waals surface area contributed by atoms with Crippen LogP contribution in [0.5, 0.6) is 0 Å². The number of halogens is 2. The highest BCUT2D eigenvalue weighted by molar-refractivity contribution is 9.10. The van der Waals surface area contributed by atoms with E-state index in [1.807, 2.05) is 6.92 Å². The summed E-state index contributed by atoms with van der Waals surface area (Å²) in [7, 11) is 0. The van der Waals surface area contributed by atoms with E-state index in [1.54, 1.807) is 6.07 Å². The minimum atomic E-state index is -0.230. The van der Waals surface area contributed by atoms with Gasteiger partial charge in [-0.3, -0.25) is 0 Å². The average Bonchev–Trinajstić information content (AvgIpc) is 2.20. The van der Waals surface area contributed by atoms with Crippen LogP contribution in [-0.2, 0) is 0 Å². The first-order chi connectivity index (χ1) is 7.56. The third-order valence-corrected chi connectivity index (χ3v) is 3.05. The second kappa shape index (κ2) is 6.16. The van der Waals surface area contributed by atoms with Gasteiger partial charge in [-0.25, -0.2) is 4.39 Å². The smallest absolute Gasteiger partial charge is 0.124 e. The van der Waals surface area contributed by atoms with Gasteiger partial charge in [-0.05, 0) is 37.6 Å². The molecule has 1 atom stereocenters. The fraction of sp³-hybridized carbons (Fsp3) is 0.385. The summed E-state index contributed by atoms with van der Waals surface area (Å²) in [6, 6.07) is 4.83. The van der Waals surface area contributed by atoms with Gasteiger partial charge in [0.15, 0.2) is 0 Å². The fourth-order valence-electron chi connectivity index (χ4n) is 1.57. The molecule has 88 valence electrons. The van der Waals surface area contributed by atoms with E-state index in [9.17, 15) is 4.39 Å². The standard InChI is InChI=1S/C13H17BrFN/c1-4-7-16-13(9(2)3)11-6-5-10(15)8-12(11)14/h5-6,8,13,16H,2,4,7H2,1,3H3. The number of benzene rings is 1. The highest BCUT2D eigenvalue weighted by Crippen LogP contribution is 2.28. The molecule has 3 heteroatoms. The second-order valence-corrected chi connectivity index (χ2v) is 4.75. The van der Waals surface area contributed by atoms with E-state index in [1.165, 1.54) is 12.1 Å². The molecule has 1 aromatic rings. The minimum absolute atomic E-state index is 0.0786.